The van der Waals surface area contributed by atoms with Gasteiger partial charge in [-0.25, -0.2) is 0 Å². The van der Waals surface area contributed by atoms with Crippen molar-refractivity contribution < 1.29 is 9.59 Å². The van der Waals surface area contributed by atoms with Crippen molar-refractivity contribution >= 4 is 17.5 Å². The van der Waals surface area contributed by atoms with E-state index in [-0.39, 0.29) is 17.2 Å². The highest BCUT2D eigenvalue weighted by Crippen LogP contribution is 2.22. The third kappa shape index (κ3) is 5.68. The Labute approximate surface area is 162 Å². The van der Waals surface area contributed by atoms with Crippen molar-refractivity contribution in [1.29, 1.82) is 0 Å². The van der Waals surface area contributed by atoms with Gasteiger partial charge in [0.2, 0.25) is 5.91 Å². The molecular formula is C23H30N2O2. The Balaban J connectivity index is 2.00. The van der Waals surface area contributed by atoms with Crippen molar-refractivity contribution in [3.05, 3.63) is 64.7 Å². The second kappa shape index (κ2) is 8.38. The molecule has 1 N–H and O–H groups in total. The zero-order chi connectivity index (χ0) is 20.2. The molecule has 0 fully saturated rings. The van der Waals surface area contributed by atoms with E-state index in [2.05, 4.69) is 32.2 Å². The number of amides is 2. The van der Waals surface area contributed by atoms with Crippen LogP contribution >= 0.6 is 0 Å². The summed E-state index contributed by atoms with van der Waals surface area (Å²) in [4.78, 5) is 26.1. The third-order valence-electron chi connectivity index (χ3n) is 4.53. The van der Waals surface area contributed by atoms with Crippen LogP contribution in [0, 0.1) is 13.8 Å². The van der Waals surface area contributed by atoms with Crippen LogP contribution in [-0.4, -0.2) is 24.9 Å². The van der Waals surface area contributed by atoms with Gasteiger partial charge in [-0.1, -0.05) is 39.0 Å². The van der Waals surface area contributed by atoms with Gasteiger partial charge in [0.15, 0.2) is 0 Å². The minimum atomic E-state index is -0.126. The van der Waals surface area contributed by atoms with Gasteiger partial charge in [0.25, 0.3) is 5.91 Å². The lowest BCUT2D eigenvalue weighted by Crippen LogP contribution is -2.37. The summed E-state index contributed by atoms with van der Waals surface area (Å²) in [5, 5.41) is 2.91. The summed E-state index contributed by atoms with van der Waals surface area (Å²) < 4.78 is 0. The van der Waals surface area contributed by atoms with E-state index >= 15 is 0 Å². The quantitative estimate of drug-likeness (QED) is 0.853. The molecule has 0 aromatic heterocycles. The van der Waals surface area contributed by atoms with E-state index in [1.807, 2.05) is 50.2 Å². The van der Waals surface area contributed by atoms with Crippen LogP contribution in [0.2, 0.25) is 0 Å². The average Bonchev–Trinajstić information content (AvgIpc) is 2.56. The number of nitrogens with zero attached hydrogens (tertiary/aromatic N) is 1. The number of anilines is 1. The highest BCUT2D eigenvalue weighted by molar-refractivity contribution is 5.94. The second-order valence-electron chi connectivity index (χ2n) is 8.10. The van der Waals surface area contributed by atoms with Crippen molar-refractivity contribution in [1.82, 2.24) is 5.32 Å². The Hall–Kier alpha value is -2.62. The number of hydrogen-bond acceptors (Lipinski definition) is 2. The molecule has 0 bridgehead atoms. The lowest BCUT2D eigenvalue weighted by Gasteiger charge is -2.22. The normalized spacial score (nSPS) is 11.2. The Morgan fingerprint density at radius 1 is 0.963 bits per heavy atom. The minimum Gasteiger partial charge on any atom is -0.350 e. The number of nitrogens with one attached hydrogen (secondary N) is 1. The van der Waals surface area contributed by atoms with Crippen LogP contribution in [0.4, 0.5) is 5.69 Å². The molecule has 0 spiro atoms. The summed E-state index contributed by atoms with van der Waals surface area (Å²) >= 11 is 0. The monoisotopic (exact) mass is 366 g/mol. The fraction of sp³-hybridized carbons (Fsp3) is 0.391. The van der Waals surface area contributed by atoms with E-state index < -0.39 is 0 Å². The van der Waals surface area contributed by atoms with Crippen LogP contribution in [0.1, 0.15) is 54.7 Å². The van der Waals surface area contributed by atoms with Crippen LogP contribution in [0.3, 0.4) is 0 Å². The molecule has 144 valence electrons. The summed E-state index contributed by atoms with van der Waals surface area (Å²) in [5.41, 5.74) is 4.96. The van der Waals surface area contributed by atoms with E-state index in [0.717, 1.165) is 16.8 Å². The van der Waals surface area contributed by atoms with Gasteiger partial charge in [-0.2, -0.15) is 0 Å². The fourth-order valence-electron chi connectivity index (χ4n) is 3.08. The zero-order valence-corrected chi connectivity index (χ0v) is 17.2. The fourth-order valence-corrected chi connectivity index (χ4v) is 3.08. The number of benzene rings is 2. The minimum absolute atomic E-state index is 0.0382. The van der Waals surface area contributed by atoms with Gasteiger partial charge < -0.3 is 10.2 Å². The number of carbonyl (C=O) groups is 2. The maximum Gasteiger partial charge on any atom is 0.251 e. The van der Waals surface area contributed by atoms with Crippen LogP contribution in [-0.2, 0) is 10.2 Å². The second-order valence-corrected chi connectivity index (χ2v) is 8.10. The predicted octanol–water partition coefficient (Wildman–Crippen LogP) is 4.38. The molecule has 27 heavy (non-hydrogen) atoms. The molecule has 4 nitrogen and oxygen atoms in total. The van der Waals surface area contributed by atoms with Gasteiger partial charge in [-0.3, -0.25) is 9.59 Å². The smallest absolute Gasteiger partial charge is 0.251 e. The first-order valence-electron chi connectivity index (χ1n) is 9.33. The molecule has 2 amide bonds. The molecule has 2 rings (SSSR count). The molecule has 0 atom stereocenters. The van der Waals surface area contributed by atoms with E-state index in [0.29, 0.717) is 18.7 Å². The summed E-state index contributed by atoms with van der Waals surface area (Å²) in [6.45, 7) is 12.8. The van der Waals surface area contributed by atoms with Crippen LogP contribution < -0.4 is 10.2 Å². The average molecular weight is 367 g/mol. The highest BCUT2D eigenvalue weighted by Gasteiger charge is 2.15. The summed E-state index contributed by atoms with van der Waals surface area (Å²) in [5.74, 6) is -0.164. The number of aryl methyl sites for hydroxylation is 2. The number of rotatable bonds is 5. The van der Waals surface area contributed by atoms with E-state index in [1.54, 1.807) is 11.8 Å². The molecule has 2 aromatic carbocycles. The molecule has 4 heteroatoms. The summed E-state index contributed by atoms with van der Waals surface area (Å²) in [7, 11) is 0. The first-order valence-corrected chi connectivity index (χ1v) is 9.33. The molecule has 0 unspecified atom stereocenters. The lowest BCUT2D eigenvalue weighted by molar-refractivity contribution is -0.116. The van der Waals surface area contributed by atoms with E-state index in [4.69, 9.17) is 0 Å². The molecule has 0 saturated carbocycles. The van der Waals surface area contributed by atoms with Crippen molar-refractivity contribution in [2.75, 3.05) is 18.0 Å². The lowest BCUT2D eigenvalue weighted by atomic mass is 9.87. The molecule has 0 saturated heterocycles. The summed E-state index contributed by atoms with van der Waals surface area (Å²) in [6.07, 6.45) is 0. The van der Waals surface area contributed by atoms with E-state index in [1.165, 1.54) is 5.56 Å². The first kappa shape index (κ1) is 20.7. The molecular weight excluding hydrogens is 336 g/mol. The van der Waals surface area contributed by atoms with Crippen molar-refractivity contribution in [2.24, 2.45) is 0 Å². The highest BCUT2D eigenvalue weighted by atomic mass is 16.2. The zero-order valence-electron chi connectivity index (χ0n) is 17.2. The van der Waals surface area contributed by atoms with Crippen LogP contribution in [0.5, 0.6) is 0 Å². The number of hydrogen-bond donors (Lipinski definition) is 1. The molecule has 0 aliphatic carbocycles. The largest absolute Gasteiger partial charge is 0.350 e. The van der Waals surface area contributed by atoms with Gasteiger partial charge in [0.05, 0.1) is 0 Å². The van der Waals surface area contributed by atoms with E-state index in [9.17, 15) is 9.59 Å². The predicted molar refractivity (Wildman–Crippen MR) is 111 cm³/mol. The standard InChI is InChI=1S/C23H30N2O2/c1-16-13-17(2)15-21(14-16)25(18(3)26)12-11-24-22(27)19-7-9-20(10-8-19)23(4,5)6/h7-10,13-15H,11-12H2,1-6H3,(H,24,27). The third-order valence-corrected chi connectivity index (χ3v) is 4.53. The first-order chi connectivity index (χ1) is 12.6. The Kier molecular flexibility index (Phi) is 6.42. The summed E-state index contributed by atoms with van der Waals surface area (Å²) in [6, 6.07) is 13.7. The van der Waals surface area contributed by atoms with Gasteiger partial charge in [-0.15, -0.1) is 0 Å². The van der Waals surface area contributed by atoms with Crippen molar-refractivity contribution in [3.63, 3.8) is 0 Å². The number of carbonyl (C=O) groups excluding carboxylic acids is 2. The maximum absolute atomic E-state index is 12.4. The van der Waals surface area contributed by atoms with Gasteiger partial charge >= 0.3 is 0 Å². The molecule has 0 aliphatic heterocycles. The molecule has 0 heterocycles. The van der Waals surface area contributed by atoms with Crippen molar-refractivity contribution in [2.45, 2.75) is 47.0 Å². The van der Waals surface area contributed by atoms with Crippen molar-refractivity contribution in [3.8, 4) is 0 Å². The maximum atomic E-state index is 12.4. The molecule has 0 aliphatic rings. The van der Waals surface area contributed by atoms with Gasteiger partial charge in [0.1, 0.15) is 0 Å². The molecule has 0 radical (unpaired) electrons. The Morgan fingerprint density at radius 3 is 2.00 bits per heavy atom. The van der Waals surface area contributed by atoms with Crippen LogP contribution in [0.15, 0.2) is 42.5 Å². The van der Waals surface area contributed by atoms with Gasteiger partial charge in [-0.05, 0) is 60.2 Å². The van der Waals surface area contributed by atoms with Crippen LogP contribution in [0.25, 0.3) is 0 Å². The topological polar surface area (TPSA) is 49.4 Å². The SMILES string of the molecule is CC(=O)N(CCNC(=O)c1ccc(C(C)(C)C)cc1)c1cc(C)cc(C)c1. The molecule has 2 aromatic rings. The Bertz CT molecular complexity index is 797. The van der Waals surface area contributed by atoms with Gasteiger partial charge in [0, 0.05) is 31.3 Å². The Morgan fingerprint density at radius 2 is 1.52 bits per heavy atom.